The summed E-state index contributed by atoms with van der Waals surface area (Å²) in [6.45, 7) is 15.5. The zero-order chi connectivity index (χ0) is 23.5. The van der Waals surface area contributed by atoms with Crippen molar-refractivity contribution in [3.05, 3.63) is 35.5 Å². The first-order valence-corrected chi connectivity index (χ1v) is 13.1. The number of nitrogens with one attached hydrogen (secondary N) is 1. The van der Waals surface area contributed by atoms with Gasteiger partial charge in [0.05, 0.1) is 0 Å². The van der Waals surface area contributed by atoms with Crippen molar-refractivity contribution in [2.75, 3.05) is 46.3 Å². The second-order valence-electron chi connectivity index (χ2n) is 9.84. The molecule has 1 aromatic carbocycles. The predicted molar refractivity (Wildman–Crippen MR) is 137 cm³/mol. The maximum atomic E-state index is 12.7. The molecule has 3 atom stereocenters. The van der Waals surface area contributed by atoms with Crippen molar-refractivity contribution in [2.45, 2.75) is 71.5 Å². The molecule has 6 nitrogen and oxygen atoms in total. The maximum Gasteiger partial charge on any atom is 0.317 e. The molecule has 0 radical (unpaired) electrons. The molecular formula is C27H43N5O. The second-order valence-corrected chi connectivity index (χ2v) is 9.84. The molecule has 0 spiro atoms. The number of amides is 2. The van der Waals surface area contributed by atoms with Gasteiger partial charge in [-0.2, -0.15) is 0 Å². The number of piperidine rings is 1. The van der Waals surface area contributed by atoms with Gasteiger partial charge in [0, 0.05) is 61.3 Å². The number of carbonyl (C=O) groups excluding carboxylic acids is 1. The molecule has 1 saturated heterocycles. The van der Waals surface area contributed by atoms with E-state index in [1.165, 1.54) is 28.5 Å². The van der Waals surface area contributed by atoms with E-state index in [9.17, 15) is 4.79 Å². The van der Waals surface area contributed by atoms with Gasteiger partial charge in [0.15, 0.2) is 0 Å². The molecule has 182 valence electrons. The number of benzene rings is 1. The first-order chi connectivity index (χ1) is 16.0. The van der Waals surface area contributed by atoms with Crippen molar-refractivity contribution in [1.82, 2.24) is 24.6 Å². The van der Waals surface area contributed by atoms with Gasteiger partial charge in [-0.1, -0.05) is 26.0 Å². The van der Waals surface area contributed by atoms with Gasteiger partial charge in [0.1, 0.15) is 0 Å². The number of aromatic nitrogens is 1. The smallest absolute Gasteiger partial charge is 0.317 e. The largest absolute Gasteiger partial charge is 0.347 e. The normalized spacial score (nSPS) is 22.5. The van der Waals surface area contributed by atoms with Crippen molar-refractivity contribution in [2.24, 2.45) is 0 Å². The van der Waals surface area contributed by atoms with Crippen molar-refractivity contribution in [3.8, 4) is 0 Å². The quantitative estimate of drug-likeness (QED) is 0.621. The van der Waals surface area contributed by atoms with Crippen LogP contribution >= 0.6 is 0 Å². The highest BCUT2D eigenvalue weighted by molar-refractivity contribution is 5.89. The molecule has 2 amide bonds. The van der Waals surface area contributed by atoms with Crippen molar-refractivity contribution >= 4 is 16.9 Å². The van der Waals surface area contributed by atoms with Gasteiger partial charge < -0.3 is 24.6 Å². The molecule has 6 heteroatoms. The average Bonchev–Trinajstić information content (AvgIpc) is 3.17. The minimum atomic E-state index is 0.0749. The number of aryl methyl sites for hydroxylation is 1. The number of carbonyl (C=O) groups is 1. The zero-order valence-corrected chi connectivity index (χ0v) is 21.3. The Balaban J connectivity index is 1.54. The minimum absolute atomic E-state index is 0.0749. The van der Waals surface area contributed by atoms with E-state index in [0.717, 1.165) is 58.7 Å². The summed E-state index contributed by atoms with van der Waals surface area (Å²) < 4.78 is 2.49. The summed E-state index contributed by atoms with van der Waals surface area (Å²) in [6, 6.07) is 7.65. The number of likely N-dealkylation sites (N-methyl/N-ethyl adjacent to an activating group) is 1. The molecule has 1 fully saturated rings. The van der Waals surface area contributed by atoms with E-state index in [0.29, 0.717) is 12.0 Å². The summed E-state index contributed by atoms with van der Waals surface area (Å²) in [5.74, 6) is 0.466. The van der Waals surface area contributed by atoms with E-state index < -0.39 is 0 Å². The van der Waals surface area contributed by atoms with Crippen LogP contribution in [-0.2, 0) is 13.0 Å². The lowest BCUT2D eigenvalue weighted by molar-refractivity contribution is 0.124. The van der Waals surface area contributed by atoms with Gasteiger partial charge in [-0.25, -0.2) is 4.79 Å². The third-order valence-corrected chi connectivity index (χ3v) is 8.07. The summed E-state index contributed by atoms with van der Waals surface area (Å²) in [7, 11) is 2.24. The second kappa shape index (κ2) is 10.5. The fraction of sp³-hybridized carbons (Fsp3) is 0.667. The molecule has 2 aromatic rings. The van der Waals surface area contributed by atoms with Gasteiger partial charge in [0.25, 0.3) is 0 Å². The molecule has 4 rings (SSSR count). The summed E-state index contributed by atoms with van der Waals surface area (Å²) in [4.78, 5) is 19.6. The Morgan fingerprint density at radius 2 is 1.88 bits per heavy atom. The molecule has 0 bridgehead atoms. The Kier molecular flexibility index (Phi) is 7.65. The van der Waals surface area contributed by atoms with Crippen molar-refractivity contribution < 1.29 is 4.79 Å². The number of hydrogen-bond acceptors (Lipinski definition) is 3. The maximum absolute atomic E-state index is 12.7. The van der Waals surface area contributed by atoms with Crippen LogP contribution in [0.4, 0.5) is 4.79 Å². The third-order valence-electron chi connectivity index (χ3n) is 8.07. The van der Waals surface area contributed by atoms with E-state index in [4.69, 9.17) is 0 Å². The number of rotatable bonds is 9. The van der Waals surface area contributed by atoms with E-state index >= 15 is 0 Å². The van der Waals surface area contributed by atoms with Crippen LogP contribution in [0, 0.1) is 0 Å². The highest BCUT2D eigenvalue weighted by atomic mass is 16.2. The number of likely N-dealkylation sites (tertiary alicyclic amines) is 1. The number of urea groups is 1. The molecule has 1 aliphatic carbocycles. The number of hydrogen-bond donors (Lipinski definition) is 1. The topological polar surface area (TPSA) is 43.8 Å². The molecule has 0 saturated carbocycles. The molecule has 1 N–H and O–H groups in total. The number of fused-ring (bicyclic) bond motifs is 2. The van der Waals surface area contributed by atoms with E-state index in [1.807, 2.05) is 18.7 Å². The zero-order valence-electron chi connectivity index (χ0n) is 21.3. The summed E-state index contributed by atoms with van der Waals surface area (Å²) in [6.07, 6.45) is 5.73. The van der Waals surface area contributed by atoms with Gasteiger partial charge in [0.2, 0.25) is 0 Å². The predicted octanol–water partition coefficient (Wildman–Crippen LogP) is 4.14. The molecule has 2 aliphatic rings. The minimum Gasteiger partial charge on any atom is -0.347 e. The summed E-state index contributed by atoms with van der Waals surface area (Å²) in [5.41, 5.74) is 4.37. The molecule has 1 aliphatic heterocycles. The Morgan fingerprint density at radius 3 is 2.58 bits per heavy atom. The Hall–Kier alpha value is -2.05. The van der Waals surface area contributed by atoms with Crippen LogP contribution in [0.1, 0.15) is 57.6 Å². The third kappa shape index (κ3) is 4.78. The van der Waals surface area contributed by atoms with Crippen LogP contribution in [0.5, 0.6) is 0 Å². The van der Waals surface area contributed by atoms with Gasteiger partial charge in [-0.3, -0.25) is 0 Å². The molecule has 1 aromatic heterocycles. The highest BCUT2D eigenvalue weighted by Gasteiger charge is 2.40. The fourth-order valence-corrected chi connectivity index (χ4v) is 6.19. The molecule has 0 unspecified atom stereocenters. The van der Waals surface area contributed by atoms with E-state index in [2.05, 4.69) is 65.0 Å². The average molecular weight is 454 g/mol. The lowest BCUT2D eigenvalue weighted by Gasteiger charge is -2.45. The van der Waals surface area contributed by atoms with Gasteiger partial charge in [-0.15, -0.1) is 0 Å². The van der Waals surface area contributed by atoms with Crippen LogP contribution < -0.4 is 5.32 Å². The van der Waals surface area contributed by atoms with Gasteiger partial charge >= 0.3 is 6.03 Å². The van der Waals surface area contributed by atoms with Crippen LogP contribution in [0.3, 0.4) is 0 Å². The lowest BCUT2D eigenvalue weighted by Crippen LogP contribution is -2.56. The Morgan fingerprint density at radius 1 is 1.12 bits per heavy atom. The monoisotopic (exact) mass is 453 g/mol. The fourth-order valence-electron chi connectivity index (χ4n) is 6.19. The van der Waals surface area contributed by atoms with Gasteiger partial charge in [-0.05, 0) is 77.0 Å². The number of nitrogens with zero attached hydrogens (tertiary/aromatic N) is 4. The van der Waals surface area contributed by atoms with Crippen LogP contribution in [0.25, 0.3) is 10.9 Å². The van der Waals surface area contributed by atoms with E-state index in [1.54, 1.807) is 0 Å². The standard InChI is InChI=1S/C27H43N5O/c1-6-30(7-2)14-11-15-32-18-20-16-25-23(22-12-10-13-24(32)26(20)22)17-21(19-29(25)5)28-27(33)31(8-3)9-4/h10,12-13,18,21,23,25H,6-9,11,14-17,19H2,1-5H3,(H,28,33)/t21-,23+,25+/m0/s1. The molecular weight excluding hydrogens is 410 g/mol. The molecule has 2 heterocycles. The lowest BCUT2D eigenvalue weighted by atomic mass is 9.74. The first-order valence-electron chi connectivity index (χ1n) is 13.1. The SMILES string of the molecule is CCN(CC)CCCn1cc2c3c(cccc31)[C@H]1C[C@H](NC(=O)N(CC)CC)CN(C)[C@@H]1C2. The first kappa shape index (κ1) is 24.1. The van der Waals surface area contributed by atoms with Crippen LogP contribution in [0.15, 0.2) is 24.4 Å². The van der Waals surface area contributed by atoms with Crippen LogP contribution in [-0.4, -0.2) is 83.7 Å². The van der Waals surface area contributed by atoms with E-state index in [-0.39, 0.29) is 12.1 Å². The molecule has 33 heavy (non-hydrogen) atoms. The summed E-state index contributed by atoms with van der Waals surface area (Å²) in [5, 5.41) is 4.81. The van der Waals surface area contributed by atoms with Crippen molar-refractivity contribution in [3.63, 3.8) is 0 Å². The Labute approximate surface area is 199 Å². The van der Waals surface area contributed by atoms with Crippen LogP contribution in [0.2, 0.25) is 0 Å². The highest BCUT2D eigenvalue weighted by Crippen LogP contribution is 2.43. The Bertz CT molecular complexity index is 945. The van der Waals surface area contributed by atoms with Crippen molar-refractivity contribution in [1.29, 1.82) is 0 Å². The summed E-state index contributed by atoms with van der Waals surface area (Å²) >= 11 is 0.